The van der Waals surface area contributed by atoms with Gasteiger partial charge in [0.2, 0.25) is 0 Å². The van der Waals surface area contributed by atoms with Crippen LogP contribution in [-0.2, 0) is 0 Å². The van der Waals surface area contributed by atoms with Crippen LogP contribution in [-0.4, -0.2) is 21.7 Å². The van der Waals surface area contributed by atoms with Crippen molar-refractivity contribution in [2.45, 2.75) is 6.92 Å². The van der Waals surface area contributed by atoms with E-state index in [0.717, 1.165) is 22.4 Å². The summed E-state index contributed by atoms with van der Waals surface area (Å²) in [6.45, 7) is 1.83. The molecule has 0 atom stereocenters. The minimum absolute atomic E-state index is 0.0667. The Morgan fingerprint density at radius 3 is 2.33 bits per heavy atom. The minimum Gasteiger partial charge on any atom is -0.392 e. The smallest absolute Gasteiger partial charge is 0.160 e. The summed E-state index contributed by atoms with van der Waals surface area (Å²) in [5.74, 6) is 0.328. The average Bonchev–Trinajstić information content (AvgIpc) is 2.61. The van der Waals surface area contributed by atoms with Crippen LogP contribution in [0.15, 0.2) is 60.7 Å². The second-order valence-corrected chi connectivity index (χ2v) is 5.35. The van der Waals surface area contributed by atoms with Crippen LogP contribution in [0, 0.1) is 12.7 Å². The molecule has 0 spiro atoms. The zero-order chi connectivity index (χ0) is 16.9. The minimum atomic E-state index is -0.291. The molecule has 0 aliphatic rings. The van der Waals surface area contributed by atoms with Crippen molar-refractivity contribution in [3.05, 3.63) is 77.7 Å². The van der Waals surface area contributed by atoms with Crippen molar-refractivity contribution in [3.63, 3.8) is 0 Å². The number of nitrogens with zero attached hydrogens (tertiary/aromatic N) is 2. The Bertz CT molecular complexity index is 859. The van der Waals surface area contributed by atoms with Crippen molar-refractivity contribution >= 4 is 6.08 Å². The molecule has 3 aromatic rings. The molecule has 1 aromatic heterocycles. The molecule has 2 aromatic carbocycles. The lowest BCUT2D eigenvalue weighted by atomic mass is 10.0. The largest absolute Gasteiger partial charge is 0.392 e. The number of aliphatic hydroxyl groups is 1. The normalized spacial score (nSPS) is 11.1. The topological polar surface area (TPSA) is 46.0 Å². The third kappa shape index (κ3) is 3.39. The third-order valence-electron chi connectivity index (χ3n) is 3.68. The lowest BCUT2D eigenvalue weighted by molar-refractivity contribution is 0.343. The fourth-order valence-electron chi connectivity index (χ4n) is 2.50. The van der Waals surface area contributed by atoms with Crippen LogP contribution in [0.5, 0.6) is 0 Å². The van der Waals surface area contributed by atoms with Gasteiger partial charge in [0, 0.05) is 22.4 Å². The van der Waals surface area contributed by atoms with E-state index in [1.54, 1.807) is 24.3 Å². The molecule has 0 radical (unpaired) electrons. The first-order chi connectivity index (χ1) is 11.7. The Morgan fingerprint density at radius 2 is 1.67 bits per heavy atom. The molecule has 4 heteroatoms. The molecule has 0 amide bonds. The Kier molecular flexibility index (Phi) is 4.77. The number of benzene rings is 2. The predicted octanol–water partition coefficient (Wildman–Crippen LogP) is 4.26. The van der Waals surface area contributed by atoms with Crippen LogP contribution >= 0.6 is 0 Å². The van der Waals surface area contributed by atoms with Gasteiger partial charge in [0.1, 0.15) is 5.82 Å². The molecule has 0 aliphatic carbocycles. The zero-order valence-electron chi connectivity index (χ0n) is 13.3. The molecule has 1 N–H and O–H groups in total. The van der Waals surface area contributed by atoms with Crippen molar-refractivity contribution in [2.75, 3.05) is 6.61 Å². The molecule has 24 heavy (non-hydrogen) atoms. The lowest BCUT2D eigenvalue weighted by Crippen LogP contribution is -2.00. The Labute approximate surface area is 140 Å². The SMILES string of the molecule is Cc1nc(-c2ccccc2)nc(-c2ccc(F)cc2)c1C=CCO. The maximum atomic E-state index is 13.2. The summed E-state index contributed by atoms with van der Waals surface area (Å²) in [5, 5.41) is 9.07. The lowest BCUT2D eigenvalue weighted by Gasteiger charge is -2.11. The van der Waals surface area contributed by atoms with E-state index < -0.39 is 0 Å². The standard InChI is InChI=1S/C20H17FN2O/c1-14-18(8-5-13-24)19(15-9-11-17(21)12-10-15)23-20(22-14)16-6-3-2-4-7-16/h2-12,24H,13H2,1H3. The number of aliphatic hydroxyl groups excluding tert-OH is 1. The van der Waals surface area contributed by atoms with Gasteiger partial charge in [-0.1, -0.05) is 42.5 Å². The Morgan fingerprint density at radius 1 is 0.958 bits per heavy atom. The van der Waals surface area contributed by atoms with Crippen LogP contribution in [0.4, 0.5) is 4.39 Å². The molecule has 3 nitrogen and oxygen atoms in total. The monoisotopic (exact) mass is 320 g/mol. The Balaban J connectivity index is 2.20. The quantitative estimate of drug-likeness (QED) is 0.781. The molecule has 120 valence electrons. The van der Waals surface area contributed by atoms with Crippen molar-refractivity contribution in [3.8, 4) is 22.6 Å². The first kappa shape index (κ1) is 16.0. The van der Waals surface area contributed by atoms with Crippen molar-refractivity contribution < 1.29 is 9.50 Å². The van der Waals surface area contributed by atoms with Crippen LogP contribution in [0.2, 0.25) is 0 Å². The summed E-state index contributed by atoms with van der Waals surface area (Å²) in [4.78, 5) is 9.27. The number of aryl methyl sites for hydroxylation is 1. The number of hydrogen-bond acceptors (Lipinski definition) is 3. The molecule has 0 unspecified atom stereocenters. The predicted molar refractivity (Wildman–Crippen MR) is 93.7 cm³/mol. The highest BCUT2D eigenvalue weighted by molar-refractivity contribution is 5.75. The maximum Gasteiger partial charge on any atom is 0.160 e. The first-order valence-corrected chi connectivity index (χ1v) is 7.66. The third-order valence-corrected chi connectivity index (χ3v) is 3.68. The van der Waals surface area contributed by atoms with E-state index in [-0.39, 0.29) is 12.4 Å². The van der Waals surface area contributed by atoms with E-state index in [4.69, 9.17) is 10.1 Å². The fourth-order valence-corrected chi connectivity index (χ4v) is 2.50. The van der Waals surface area contributed by atoms with E-state index >= 15 is 0 Å². The average molecular weight is 320 g/mol. The van der Waals surface area contributed by atoms with Crippen LogP contribution < -0.4 is 0 Å². The molecule has 0 bridgehead atoms. The summed E-state index contributed by atoms with van der Waals surface area (Å²) in [7, 11) is 0. The highest BCUT2D eigenvalue weighted by Crippen LogP contribution is 2.28. The molecule has 1 heterocycles. The summed E-state index contributed by atoms with van der Waals surface area (Å²) >= 11 is 0. The maximum absolute atomic E-state index is 13.2. The first-order valence-electron chi connectivity index (χ1n) is 7.66. The summed E-state index contributed by atoms with van der Waals surface area (Å²) in [6, 6.07) is 15.9. The number of rotatable bonds is 4. The van der Waals surface area contributed by atoms with Gasteiger partial charge in [-0.2, -0.15) is 0 Å². The molecule has 0 saturated carbocycles. The van der Waals surface area contributed by atoms with Crippen molar-refractivity contribution in [2.24, 2.45) is 0 Å². The molecule has 0 fully saturated rings. The number of halogens is 1. The van der Waals surface area contributed by atoms with E-state index in [1.807, 2.05) is 37.3 Å². The van der Waals surface area contributed by atoms with Crippen LogP contribution in [0.3, 0.4) is 0 Å². The molecule has 0 aliphatic heterocycles. The number of hydrogen-bond donors (Lipinski definition) is 1. The van der Waals surface area contributed by atoms with Crippen LogP contribution in [0.1, 0.15) is 11.3 Å². The molecule has 3 rings (SSSR count). The van der Waals surface area contributed by atoms with Gasteiger partial charge in [0.25, 0.3) is 0 Å². The fraction of sp³-hybridized carbons (Fsp3) is 0.100. The highest BCUT2D eigenvalue weighted by Gasteiger charge is 2.13. The molecular weight excluding hydrogens is 303 g/mol. The van der Waals surface area contributed by atoms with Gasteiger partial charge in [0.05, 0.1) is 12.3 Å². The summed E-state index contributed by atoms with van der Waals surface area (Å²) in [5.41, 5.74) is 4.05. The van der Waals surface area contributed by atoms with E-state index in [9.17, 15) is 4.39 Å². The second kappa shape index (κ2) is 7.15. The van der Waals surface area contributed by atoms with E-state index in [1.165, 1.54) is 12.1 Å². The Hall–Kier alpha value is -2.85. The van der Waals surface area contributed by atoms with E-state index in [0.29, 0.717) is 11.5 Å². The van der Waals surface area contributed by atoms with Crippen molar-refractivity contribution in [1.82, 2.24) is 9.97 Å². The van der Waals surface area contributed by atoms with E-state index in [2.05, 4.69) is 4.98 Å². The van der Waals surface area contributed by atoms with Gasteiger partial charge in [-0.3, -0.25) is 0 Å². The van der Waals surface area contributed by atoms with Gasteiger partial charge in [-0.25, -0.2) is 14.4 Å². The number of aromatic nitrogens is 2. The zero-order valence-corrected chi connectivity index (χ0v) is 13.3. The molecular formula is C20H17FN2O. The van der Waals surface area contributed by atoms with Gasteiger partial charge in [-0.05, 0) is 31.2 Å². The summed E-state index contributed by atoms with van der Waals surface area (Å²) < 4.78 is 13.2. The van der Waals surface area contributed by atoms with Gasteiger partial charge < -0.3 is 5.11 Å². The van der Waals surface area contributed by atoms with Gasteiger partial charge >= 0.3 is 0 Å². The van der Waals surface area contributed by atoms with Gasteiger partial charge in [0.15, 0.2) is 5.82 Å². The second-order valence-electron chi connectivity index (χ2n) is 5.35. The van der Waals surface area contributed by atoms with Crippen LogP contribution in [0.25, 0.3) is 28.7 Å². The summed E-state index contributed by atoms with van der Waals surface area (Å²) in [6.07, 6.45) is 3.43. The van der Waals surface area contributed by atoms with Gasteiger partial charge in [-0.15, -0.1) is 0 Å². The molecule has 0 saturated heterocycles. The van der Waals surface area contributed by atoms with Crippen molar-refractivity contribution in [1.29, 1.82) is 0 Å². The highest BCUT2D eigenvalue weighted by atomic mass is 19.1.